The van der Waals surface area contributed by atoms with Gasteiger partial charge in [0, 0.05) is 17.6 Å². The molecule has 0 unspecified atom stereocenters. The SMILES string of the molecule is CC(=O)N[C@@H](CC(=O)OCC(=O)Nc1cc(Cl)ccc1C)c1ccccc1. The Morgan fingerprint density at radius 2 is 1.81 bits per heavy atom. The van der Waals surface area contributed by atoms with Gasteiger partial charge in [-0.05, 0) is 30.2 Å². The van der Waals surface area contributed by atoms with Crippen LogP contribution in [-0.2, 0) is 19.1 Å². The van der Waals surface area contributed by atoms with E-state index in [4.69, 9.17) is 16.3 Å². The summed E-state index contributed by atoms with van der Waals surface area (Å²) in [7, 11) is 0. The highest BCUT2D eigenvalue weighted by atomic mass is 35.5. The molecule has 0 aromatic heterocycles. The van der Waals surface area contributed by atoms with Crippen molar-refractivity contribution in [3.63, 3.8) is 0 Å². The summed E-state index contributed by atoms with van der Waals surface area (Å²) in [6, 6.07) is 13.7. The zero-order valence-corrected chi connectivity index (χ0v) is 15.9. The summed E-state index contributed by atoms with van der Waals surface area (Å²) < 4.78 is 5.04. The Labute approximate surface area is 162 Å². The van der Waals surface area contributed by atoms with Gasteiger partial charge in [0.15, 0.2) is 6.61 Å². The van der Waals surface area contributed by atoms with E-state index in [1.807, 2.05) is 37.3 Å². The van der Waals surface area contributed by atoms with Crippen LogP contribution in [0.3, 0.4) is 0 Å². The number of rotatable bonds is 7. The molecule has 0 radical (unpaired) electrons. The summed E-state index contributed by atoms with van der Waals surface area (Å²) >= 11 is 5.91. The highest BCUT2D eigenvalue weighted by molar-refractivity contribution is 6.31. The molecule has 0 heterocycles. The van der Waals surface area contributed by atoms with E-state index in [1.165, 1.54) is 6.92 Å². The molecule has 2 aromatic carbocycles. The third kappa shape index (κ3) is 6.75. The number of anilines is 1. The van der Waals surface area contributed by atoms with E-state index in [1.54, 1.807) is 18.2 Å². The molecule has 0 aliphatic heterocycles. The van der Waals surface area contributed by atoms with Crippen molar-refractivity contribution in [1.29, 1.82) is 0 Å². The van der Waals surface area contributed by atoms with Crippen LogP contribution in [0, 0.1) is 6.92 Å². The van der Waals surface area contributed by atoms with Crippen LogP contribution in [0.5, 0.6) is 0 Å². The molecule has 0 aliphatic rings. The standard InChI is InChI=1S/C20H21ClN2O4/c1-13-8-9-16(21)10-17(13)23-19(25)12-27-20(26)11-18(22-14(2)24)15-6-4-3-5-7-15/h3-10,18H,11-12H2,1-2H3,(H,22,24)(H,23,25)/t18-/m0/s1. The van der Waals surface area contributed by atoms with Crippen LogP contribution in [-0.4, -0.2) is 24.4 Å². The average Bonchev–Trinajstić information content (AvgIpc) is 2.63. The van der Waals surface area contributed by atoms with Gasteiger partial charge < -0.3 is 15.4 Å². The molecule has 27 heavy (non-hydrogen) atoms. The number of nitrogens with one attached hydrogen (secondary N) is 2. The Balaban J connectivity index is 1.90. The molecule has 2 rings (SSSR count). The molecule has 1 atom stereocenters. The van der Waals surface area contributed by atoms with E-state index in [0.29, 0.717) is 10.7 Å². The van der Waals surface area contributed by atoms with Crippen molar-refractivity contribution < 1.29 is 19.1 Å². The molecular formula is C20H21ClN2O4. The van der Waals surface area contributed by atoms with Gasteiger partial charge in [0.05, 0.1) is 12.5 Å². The number of ether oxygens (including phenoxy) is 1. The molecule has 2 amide bonds. The topological polar surface area (TPSA) is 84.5 Å². The molecule has 0 aliphatic carbocycles. The average molecular weight is 389 g/mol. The zero-order chi connectivity index (χ0) is 19.8. The predicted molar refractivity (Wildman–Crippen MR) is 103 cm³/mol. The van der Waals surface area contributed by atoms with Crippen LogP contribution in [0.1, 0.15) is 30.5 Å². The van der Waals surface area contributed by atoms with Gasteiger partial charge in [0.1, 0.15) is 0 Å². The molecule has 0 saturated heterocycles. The van der Waals surface area contributed by atoms with Gasteiger partial charge in [-0.1, -0.05) is 48.0 Å². The van der Waals surface area contributed by atoms with Crippen molar-refractivity contribution in [3.05, 3.63) is 64.7 Å². The van der Waals surface area contributed by atoms with Crippen LogP contribution in [0.25, 0.3) is 0 Å². The van der Waals surface area contributed by atoms with E-state index >= 15 is 0 Å². The van der Waals surface area contributed by atoms with Gasteiger partial charge in [-0.25, -0.2) is 0 Å². The molecule has 0 saturated carbocycles. The number of aryl methyl sites for hydroxylation is 1. The Hall–Kier alpha value is -2.86. The van der Waals surface area contributed by atoms with E-state index in [0.717, 1.165) is 11.1 Å². The van der Waals surface area contributed by atoms with Crippen LogP contribution >= 0.6 is 11.6 Å². The van der Waals surface area contributed by atoms with Gasteiger partial charge >= 0.3 is 5.97 Å². The van der Waals surface area contributed by atoms with Gasteiger partial charge in [0.25, 0.3) is 5.91 Å². The number of carbonyl (C=O) groups excluding carboxylic acids is 3. The summed E-state index contributed by atoms with van der Waals surface area (Å²) in [5.41, 5.74) is 2.18. The highest BCUT2D eigenvalue weighted by Gasteiger charge is 2.19. The maximum Gasteiger partial charge on any atom is 0.308 e. The minimum atomic E-state index is -0.587. The summed E-state index contributed by atoms with van der Waals surface area (Å²) in [6.45, 7) is 2.78. The number of amides is 2. The second-order valence-electron chi connectivity index (χ2n) is 6.04. The predicted octanol–water partition coefficient (Wildman–Crippen LogP) is 3.40. The van der Waals surface area contributed by atoms with Gasteiger partial charge in [-0.2, -0.15) is 0 Å². The second kappa shape index (κ2) is 9.73. The quantitative estimate of drug-likeness (QED) is 0.712. The molecule has 6 nitrogen and oxygen atoms in total. The molecule has 2 N–H and O–H groups in total. The Morgan fingerprint density at radius 3 is 2.48 bits per heavy atom. The summed E-state index contributed by atoms with van der Waals surface area (Å²) in [6.07, 6.45) is -0.0763. The normalized spacial score (nSPS) is 11.4. The second-order valence-corrected chi connectivity index (χ2v) is 6.47. The van der Waals surface area contributed by atoms with Crippen molar-refractivity contribution in [2.75, 3.05) is 11.9 Å². The number of benzene rings is 2. The summed E-state index contributed by atoms with van der Waals surface area (Å²) in [5.74, 6) is -1.31. The maximum atomic E-state index is 12.1. The number of hydrogen-bond donors (Lipinski definition) is 2. The molecule has 0 spiro atoms. The van der Waals surface area contributed by atoms with E-state index < -0.39 is 24.5 Å². The van der Waals surface area contributed by atoms with Crippen molar-refractivity contribution in [3.8, 4) is 0 Å². The van der Waals surface area contributed by atoms with Crippen molar-refractivity contribution >= 4 is 35.1 Å². The number of carbonyl (C=O) groups is 3. The third-order valence-electron chi connectivity index (χ3n) is 3.79. The molecule has 0 bridgehead atoms. The summed E-state index contributed by atoms with van der Waals surface area (Å²) in [4.78, 5) is 35.5. The molecular weight excluding hydrogens is 368 g/mol. The maximum absolute atomic E-state index is 12.1. The van der Waals surface area contributed by atoms with Crippen molar-refractivity contribution in [2.24, 2.45) is 0 Å². The minimum absolute atomic E-state index is 0.0763. The van der Waals surface area contributed by atoms with Crippen LogP contribution in [0.15, 0.2) is 48.5 Å². The van der Waals surface area contributed by atoms with Gasteiger partial charge in [-0.3, -0.25) is 14.4 Å². The molecule has 7 heteroatoms. The third-order valence-corrected chi connectivity index (χ3v) is 4.02. The molecule has 2 aromatic rings. The van der Waals surface area contributed by atoms with Gasteiger partial charge in [0.2, 0.25) is 5.91 Å². The Morgan fingerprint density at radius 1 is 1.11 bits per heavy atom. The van der Waals surface area contributed by atoms with E-state index in [-0.39, 0.29) is 12.3 Å². The van der Waals surface area contributed by atoms with Crippen LogP contribution < -0.4 is 10.6 Å². The van der Waals surface area contributed by atoms with E-state index in [2.05, 4.69) is 10.6 Å². The molecule has 142 valence electrons. The van der Waals surface area contributed by atoms with Crippen molar-refractivity contribution in [2.45, 2.75) is 26.3 Å². The van der Waals surface area contributed by atoms with Crippen LogP contribution in [0.4, 0.5) is 5.69 Å². The fraction of sp³-hybridized carbons (Fsp3) is 0.250. The fourth-order valence-electron chi connectivity index (χ4n) is 2.47. The van der Waals surface area contributed by atoms with Crippen molar-refractivity contribution in [1.82, 2.24) is 5.32 Å². The molecule has 0 fully saturated rings. The highest BCUT2D eigenvalue weighted by Crippen LogP contribution is 2.20. The van der Waals surface area contributed by atoms with Gasteiger partial charge in [-0.15, -0.1) is 0 Å². The summed E-state index contributed by atoms with van der Waals surface area (Å²) in [5, 5.41) is 5.86. The smallest absolute Gasteiger partial charge is 0.308 e. The minimum Gasteiger partial charge on any atom is -0.455 e. The zero-order valence-electron chi connectivity index (χ0n) is 15.1. The lowest BCUT2D eigenvalue weighted by Gasteiger charge is -2.17. The lowest BCUT2D eigenvalue weighted by molar-refractivity contribution is -0.148. The Kier molecular flexibility index (Phi) is 7.37. The first-order valence-electron chi connectivity index (χ1n) is 8.39. The number of esters is 1. The first-order chi connectivity index (χ1) is 12.8. The number of halogens is 1. The number of hydrogen-bond acceptors (Lipinski definition) is 4. The largest absolute Gasteiger partial charge is 0.455 e. The Bertz CT molecular complexity index is 824. The van der Waals surface area contributed by atoms with E-state index in [9.17, 15) is 14.4 Å². The lowest BCUT2D eigenvalue weighted by atomic mass is 10.0. The monoisotopic (exact) mass is 388 g/mol. The first-order valence-corrected chi connectivity index (χ1v) is 8.76. The fourth-order valence-corrected chi connectivity index (χ4v) is 2.64. The van der Waals surface area contributed by atoms with Crippen LogP contribution in [0.2, 0.25) is 5.02 Å². The first kappa shape index (κ1) is 20.5. The lowest BCUT2D eigenvalue weighted by Crippen LogP contribution is -2.29.